The molecule has 2 amide bonds. The molecule has 3 unspecified atom stereocenters. The minimum absolute atomic E-state index is 0.0648. The predicted molar refractivity (Wildman–Crippen MR) is 68.8 cm³/mol. The van der Waals surface area contributed by atoms with Gasteiger partial charge < -0.3 is 20.0 Å². The maximum atomic E-state index is 12.5. The molecule has 2 heterocycles. The first-order chi connectivity index (χ1) is 8.95. The third kappa shape index (κ3) is 2.54. The Kier molecular flexibility index (Phi) is 3.99. The molecule has 0 aliphatic carbocycles. The van der Waals surface area contributed by atoms with Crippen molar-refractivity contribution in [2.45, 2.75) is 63.3 Å². The van der Waals surface area contributed by atoms with Crippen LogP contribution >= 0.6 is 0 Å². The molecule has 0 aromatic heterocycles. The Bertz CT molecular complexity index is 360. The summed E-state index contributed by atoms with van der Waals surface area (Å²) in [5.74, 6) is -0.970. The van der Waals surface area contributed by atoms with Crippen LogP contribution < -0.4 is 0 Å². The number of fused-ring (bicyclic) bond motifs is 2. The van der Waals surface area contributed by atoms with E-state index in [4.69, 9.17) is 5.11 Å². The van der Waals surface area contributed by atoms with Gasteiger partial charge in [-0.15, -0.1) is 0 Å². The van der Waals surface area contributed by atoms with Crippen molar-refractivity contribution < 1.29 is 19.8 Å². The number of carboxylic acid groups (broad SMARTS) is 1. The summed E-state index contributed by atoms with van der Waals surface area (Å²) in [6, 6.07) is -0.864. The Morgan fingerprint density at radius 1 is 1.32 bits per heavy atom. The summed E-state index contributed by atoms with van der Waals surface area (Å²) in [5.41, 5.74) is 0. The van der Waals surface area contributed by atoms with Gasteiger partial charge in [-0.1, -0.05) is 6.92 Å². The molecule has 0 aromatic rings. The molecule has 0 radical (unpaired) electrons. The van der Waals surface area contributed by atoms with Crippen molar-refractivity contribution in [1.29, 1.82) is 0 Å². The molecule has 2 rings (SSSR count). The highest BCUT2D eigenvalue weighted by Gasteiger charge is 2.44. The monoisotopic (exact) mass is 270 g/mol. The van der Waals surface area contributed by atoms with Crippen LogP contribution in [0.1, 0.15) is 39.0 Å². The number of carbonyl (C=O) groups excluding carboxylic acids is 1. The quantitative estimate of drug-likeness (QED) is 0.798. The molecule has 108 valence electrons. The number of piperidine rings is 1. The van der Waals surface area contributed by atoms with E-state index >= 15 is 0 Å². The third-order valence-corrected chi connectivity index (χ3v) is 4.37. The van der Waals surface area contributed by atoms with Crippen molar-refractivity contribution in [1.82, 2.24) is 9.80 Å². The molecule has 2 N–H and O–H groups in total. The van der Waals surface area contributed by atoms with Gasteiger partial charge in [-0.2, -0.15) is 0 Å². The van der Waals surface area contributed by atoms with Gasteiger partial charge in [-0.05, 0) is 32.1 Å². The van der Waals surface area contributed by atoms with E-state index in [0.29, 0.717) is 19.3 Å². The fourth-order valence-corrected chi connectivity index (χ4v) is 3.39. The molecule has 0 spiro atoms. The zero-order chi connectivity index (χ0) is 14.2. The molecule has 0 saturated carbocycles. The predicted octanol–water partition coefficient (Wildman–Crippen LogP) is 0.889. The second-order valence-electron chi connectivity index (χ2n) is 5.57. The number of urea groups is 1. The van der Waals surface area contributed by atoms with Gasteiger partial charge >= 0.3 is 12.0 Å². The topological polar surface area (TPSA) is 81.1 Å². The smallest absolute Gasteiger partial charge is 0.326 e. The lowest BCUT2D eigenvalue weighted by atomic mass is 10.0. The summed E-state index contributed by atoms with van der Waals surface area (Å²) in [4.78, 5) is 26.7. The number of aliphatic hydroxyl groups is 1. The van der Waals surface area contributed by atoms with E-state index in [1.165, 1.54) is 4.90 Å². The third-order valence-electron chi connectivity index (χ3n) is 4.37. The Morgan fingerprint density at radius 2 is 1.84 bits per heavy atom. The minimum atomic E-state index is -0.970. The molecule has 2 bridgehead atoms. The molecule has 6 heteroatoms. The molecule has 3 atom stereocenters. The maximum absolute atomic E-state index is 12.5. The molecular weight excluding hydrogens is 248 g/mol. The second kappa shape index (κ2) is 5.36. The Balaban J connectivity index is 2.10. The number of amides is 2. The Labute approximate surface area is 113 Å². The largest absolute Gasteiger partial charge is 0.480 e. The fourth-order valence-electron chi connectivity index (χ4n) is 3.39. The van der Waals surface area contributed by atoms with Crippen molar-refractivity contribution in [3.63, 3.8) is 0 Å². The van der Waals surface area contributed by atoms with Gasteiger partial charge in [-0.3, -0.25) is 0 Å². The van der Waals surface area contributed by atoms with Crippen molar-refractivity contribution in [2.75, 3.05) is 7.05 Å². The summed E-state index contributed by atoms with van der Waals surface area (Å²) in [5, 5.41) is 18.9. The molecule has 19 heavy (non-hydrogen) atoms. The average molecular weight is 270 g/mol. The first-order valence-corrected chi connectivity index (χ1v) is 6.91. The van der Waals surface area contributed by atoms with Gasteiger partial charge in [0.2, 0.25) is 0 Å². The van der Waals surface area contributed by atoms with Crippen LogP contribution in [0.4, 0.5) is 4.79 Å². The highest BCUT2D eigenvalue weighted by molar-refractivity contribution is 5.83. The van der Waals surface area contributed by atoms with E-state index < -0.39 is 12.0 Å². The molecule has 2 aliphatic rings. The number of likely N-dealkylation sites (N-methyl/N-ethyl adjacent to an activating group) is 1. The van der Waals surface area contributed by atoms with E-state index in [9.17, 15) is 14.7 Å². The fraction of sp³-hybridized carbons (Fsp3) is 0.846. The van der Waals surface area contributed by atoms with E-state index in [1.807, 2.05) is 0 Å². The number of hydrogen-bond donors (Lipinski definition) is 2. The van der Waals surface area contributed by atoms with Crippen LogP contribution in [-0.2, 0) is 4.79 Å². The van der Waals surface area contributed by atoms with E-state index in [0.717, 1.165) is 12.8 Å². The number of aliphatic carboxylic acids is 1. The van der Waals surface area contributed by atoms with Crippen LogP contribution in [0.3, 0.4) is 0 Å². The van der Waals surface area contributed by atoms with Crippen LogP contribution in [0, 0.1) is 0 Å². The van der Waals surface area contributed by atoms with Crippen LogP contribution in [0.15, 0.2) is 0 Å². The number of carboxylic acids is 1. The Morgan fingerprint density at radius 3 is 2.26 bits per heavy atom. The van der Waals surface area contributed by atoms with Gasteiger partial charge in [0.1, 0.15) is 6.04 Å². The van der Waals surface area contributed by atoms with E-state index in [2.05, 4.69) is 0 Å². The van der Waals surface area contributed by atoms with Gasteiger partial charge in [0.25, 0.3) is 0 Å². The normalized spacial score (nSPS) is 31.1. The first-order valence-electron chi connectivity index (χ1n) is 6.91. The van der Waals surface area contributed by atoms with Gasteiger partial charge in [0.05, 0.1) is 6.10 Å². The van der Waals surface area contributed by atoms with Crippen LogP contribution in [0.5, 0.6) is 0 Å². The zero-order valence-electron chi connectivity index (χ0n) is 11.5. The van der Waals surface area contributed by atoms with Crippen molar-refractivity contribution in [3.8, 4) is 0 Å². The van der Waals surface area contributed by atoms with Crippen molar-refractivity contribution >= 4 is 12.0 Å². The standard InChI is InChI=1S/C13H22N2O4/c1-3-11(12(17)18)14(2)13(19)15-8-4-5-9(15)7-10(16)6-8/h8-11,16H,3-7H2,1-2H3,(H,17,18). The number of hydrogen-bond acceptors (Lipinski definition) is 3. The van der Waals surface area contributed by atoms with Crippen LogP contribution in [-0.4, -0.2) is 63.3 Å². The summed E-state index contributed by atoms with van der Waals surface area (Å²) < 4.78 is 0. The zero-order valence-corrected chi connectivity index (χ0v) is 11.5. The summed E-state index contributed by atoms with van der Waals surface area (Å²) in [7, 11) is 1.55. The molecule has 6 nitrogen and oxygen atoms in total. The summed E-state index contributed by atoms with van der Waals surface area (Å²) >= 11 is 0. The van der Waals surface area contributed by atoms with Crippen LogP contribution in [0.25, 0.3) is 0 Å². The van der Waals surface area contributed by atoms with E-state index in [-0.39, 0.29) is 24.2 Å². The highest BCUT2D eigenvalue weighted by Crippen LogP contribution is 2.36. The van der Waals surface area contributed by atoms with Gasteiger partial charge in [0, 0.05) is 19.1 Å². The molecule has 2 aliphatic heterocycles. The minimum Gasteiger partial charge on any atom is -0.480 e. The van der Waals surface area contributed by atoms with Crippen molar-refractivity contribution in [2.24, 2.45) is 0 Å². The number of rotatable bonds is 3. The molecule has 2 fully saturated rings. The second-order valence-corrected chi connectivity index (χ2v) is 5.57. The summed E-state index contributed by atoms with van der Waals surface area (Å²) in [6.07, 6.45) is 3.10. The highest BCUT2D eigenvalue weighted by atomic mass is 16.4. The molecule has 0 aromatic carbocycles. The molecular formula is C13H22N2O4. The van der Waals surface area contributed by atoms with Crippen molar-refractivity contribution in [3.05, 3.63) is 0 Å². The number of carbonyl (C=O) groups is 2. The summed E-state index contributed by atoms with van der Waals surface area (Å²) in [6.45, 7) is 1.76. The number of nitrogens with zero attached hydrogens (tertiary/aromatic N) is 2. The Hall–Kier alpha value is -1.30. The van der Waals surface area contributed by atoms with Gasteiger partial charge in [-0.25, -0.2) is 9.59 Å². The van der Waals surface area contributed by atoms with Crippen LogP contribution in [0.2, 0.25) is 0 Å². The van der Waals surface area contributed by atoms with Gasteiger partial charge in [0.15, 0.2) is 0 Å². The number of aliphatic hydroxyl groups excluding tert-OH is 1. The maximum Gasteiger partial charge on any atom is 0.326 e. The lowest BCUT2D eigenvalue weighted by molar-refractivity contribution is -0.142. The first kappa shape index (κ1) is 14.1. The lowest BCUT2D eigenvalue weighted by Gasteiger charge is -2.40. The van der Waals surface area contributed by atoms with E-state index in [1.54, 1.807) is 18.9 Å². The average Bonchev–Trinajstić information content (AvgIpc) is 2.61. The lowest BCUT2D eigenvalue weighted by Crippen LogP contribution is -2.55. The SMILES string of the molecule is CCC(C(=O)O)N(C)C(=O)N1C2CCC1CC(O)C2. The molecule has 2 saturated heterocycles.